The highest BCUT2D eigenvalue weighted by Crippen LogP contribution is 2.33. The van der Waals surface area contributed by atoms with Crippen LogP contribution in [0.3, 0.4) is 0 Å². The molecule has 0 aromatic carbocycles. The molecule has 1 saturated heterocycles. The molecule has 0 bridgehead atoms. The van der Waals surface area contributed by atoms with Crippen LogP contribution in [0.15, 0.2) is 23.4 Å². The molecule has 1 aromatic heterocycles. The number of nitrogens with zero attached hydrogens (tertiary/aromatic N) is 2. The Morgan fingerprint density at radius 3 is 2.85 bits per heavy atom. The first-order valence-corrected chi connectivity index (χ1v) is 7.58. The molecular weight excluding hydrogens is 285 g/mol. The van der Waals surface area contributed by atoms with E-state index < -0.39 is 26.3 Å². The van der Waals surface area contributed by atoms with Gasteiger partial charge < -0.3 is 5.32 Å². The topological polar surface area (TPSA) is 79.4 Å². The molecule has 2 rings (SSSR count). The summed E-state index contributed by atoms with van der Waals surface area (Å²) in [4.78, 5) is 15.4. The standard InChI is InChI=1S/C12H16FN3O3S/c1-12(11(17)14-2)5-7-16(8-12)20(18,19)10-9(13)4-3-6-15-10/h3-4,6H,5,7-8H2,1-2H3,(H,14,17). The van der Waals surface area contributed by atoms with Crippen molar-refractivity contribution in [3.8, 4) is 0 Å². The molecule has 1 N–H and O–H groups in total. The molecule has 6 nitrogen and oxygen atoms in total. The van der Waals surface area contributed by atoms with Crippen molar-refractivity contribution in [3.05, 3.63) is 24.1 Å². The summed E-state index contributed by atoms with van der Waals surface area (Å²) in [6, 6.07) is 2.38. The Morgan fingerprint density at radius 2 is 2.25 bits per heavy atom. The van der Waals surface area contributed by atoms with Crippen LogP contribution in [0.25, 0.3) is 0 Å². The summed E-state index contributed by atoms with van der Waals surface area (Å²) in [6.07, 6.45) is 1.62. The molecular formula is C12H16FN3O3S. The lowest BCUT2D eigenvalue weighted by atomic mass is 9.89. The van der Waals surface area contributed by atoms with Crippen molar-refractivity contribution in [2.75, 3.05) is 20.1 Å². The van der Waals surface area contributed by atoms with E-state index in [-0.39, 0.29) is 19.0 Å². The van der Waals surface area contributed by atoms with E-state index in [1.165, 1.54) is 19.3 Å². The van der Waals surface area contributed by atoms with E-state index in [2.05, 4.69) is 10.3 Å². The van der Waals surface area contributed by atoms with E-state index in [4.69, 9.17) is 0 Å². The lowest BCUT2D eigenvalue weighted by Gasteiger charge is -2.22. The maximum Gasteiger partial charge on any atom is 0.263 e. The summed E-state index contributed by atoms with van der Waals surface area (Å²) in [5, 5.41) is 1.92. The average Bonchev–Trinajstić information content (AvgIpc) is 2.83. The van der Waals surface area contributed by atoms with Crippen LogP contribution in [0.5, 0.6) is 0 Å². The zero-order valence-corrected chi connectivity index (χ0v) is 12.1. The van der Waals surface area contributed by atoms with Crippen molar-refractivity contribution in [2.45, 2.75) is 18.4 Å². The van der Waals surface area contributed by atoms with Crippen molar-refractivity contribution in [1.82, 2.24) is 14.6 Å². The first-order chi connectivity index (χ1) is 9.31. The summed E-state index contributed by atoms with van der Waals surface area (Å²) >= 11 is 0. The number of halogens is 1. The number of pyridine rings is 1. The normalized spacial score (nSPS) is 23.8. The van der Waals surface area contributed by atoms with Crippen molar-refractivity contribution in [2.24, 2.45) is 5.41 Å². The van der Waals surface area contributed by atoms with Crippen LogP contribution in [0.1, 0.15) is 13.3 Å². The number of hydrogen-bond acceptors (Lipinski definition) is 4. The zero-order valence-electron chi connectivity index (χ0n) is 11.3. The highest BCUT2D eigenvalue weighted by Gasteiger charge is 2.45. The summed E-state index contributed by atoms with van der Waals surface area (Å²) < 4.78 is 39.4. The van der Waals surface area contributed by atoms with Crippen LogP contribution >= 0.6 is 0 Å². The molecule has 2 heterocycles. The fourth-order valence-corrected chi connectivity index (χ4v) is 3.83. The molecule has 1 aliphatic rings. The summed E-state index contributed by atoms with van der Waals surface area (Å²) in [5.74, 6) is -1.11. The largest absolute Gasteiger partial charge is 0.359 e. The Bertz CT molecular complexity index is 635. The minimum atomic E-state index is -4.01. The second-order valence-electron chi connectivity index (χ2n) is 5.02. The zero-order chi connectivity index (χ0) is 15.0. The first kappa shape index (κ1) is 14.9. The summed E-state index contributed by atoms with van der Waals surface area (Å²) in [7, 11) is -2.51. The quantitative estimate of drug-likeness (QED) is 0.874. The van der Waals surface area contributed by atoms with Gasteiger partial charge in [-0.1, -0.05) is 0 Å². The van der Waals surface area contributed by atoms with E-state index >= 15 is 0 Å². The fourth-order valence-electron chi connectivity index (χ4n) is 2.29. The van der Waals surface area contributed by atoms with Crippen LogP contribution in [0.4, 0.5) is 4.39 Å². The van der Waals surface area contributed by atoms with Crippen molar-refractivity contribution >= 4 is 15.9 Å². The highest BCUT2D eigenvalue weighted by molar-refractivity contribution is 7.89. The van der Waals surface area contributed by atoms with Crippen molar-refractivity contribution < 1.29 is 17.6 Å². The number of amides is 1. The number of rotatable bonds is 3. The van der Waals surface area contributed by atoms with E-state index in [0.717, 1.165) is 10.4 Å². The molecule has 0 aliphatic carbocycles. The number of carbonyl (C=O) groups excluding carboxylic acids is 1. The molecule has 0 radical (unpaired) electrons. The fraction of sp³-hybridized carbons (Fsp3) is 0.500. The maximum atomic E-state index is 13.6. The van der Waals surface area contributed by atoms with Crippen LogP contribution in [0.2, 0.25) is 0 Å². The molecule has 1 aromatic rings. The van der Waals surface area contributed by atoms with Crippen molar-refractivity contribution in [1.29, 1.82) is 0 Å². The van der Waals surface area contributed by atoms with Gasteiger partial charge in [-0.25, -0.2) is 17.8 Å². The molecule has 0 spiro atoms. The minimum Gasteiger partial charge on any atom is -0.359 e. The smallest absolute Gasteiger partial charge is 0.263 e. The minimum absolute atomic E-state index is 0.0189. The van der Waals surface area contributed by atoms with Gasteiger partial charge in [0.25, 0.3) is 10.0 Å². The van der Waals surface area contributed by atoms with E-state index in [1.54, 1.807) is 6.92 Å². The average molecular weight is 301 g/mol. The van der Waals surface area contributed by atoms with Gasteiger partial charge in [-0.15, -0.1) is 0 Å². The van der Waals surface area contributed by atoms with E-state index in [1.807, 2.05) is 0 Å². The first-order valence-electron chi connectivity index (χ1n) is 6.14. The SMILES string of the molecule is CNC(=O)C1(C)CCN(S(=O)(=O)c2ncccc2F)C1. The van der Waals surface area contributed by atoms with Gasteiger partial charge >= 0.3 is 0 Å². The van der Waals surface area contributed by atoms with E-state index in [0.29, 0.717) is 6.42 Å². The highest BCUT2D eigenvalue weighted by atomic mass is 32.2. The molecule has 1 amide bonds. The van der Waals surface area contributed by atoms with Gasteiger partial charge in [0.05, 0.1) is 5.41 Å². The molecule has 1 fully saturated rings. The lowest BCUT2D eigenvalue weighted by Crippen LogP contribution is -2.40. The van der Waals surface area contributed by atoms with Crippen molar-refractivity contribution in [3.63, 3.8) is 0 Å². The van der Waals surface area contributed by atoms with Gasteiger partial charge in [-0.05, 0) is 25.5 Å². The number of carbonyl (C=O) groups is 1. The van der Waals surface area contributed by atoms with Gasteiger partial charge in [0.15, 0.2) is 5.82 Å². The Hall–Kier alpha value is -1.54. The van der Waals surface area contributed by atoms with Gasteiger partial charge in [0.1, 0.15) is 0 Å². The van der Waals surface area contributed by atoms with Crippen LogP contribution in [-0.2, 0) is 14.8 Å². The second-order valence-corrected chi connectivity index (χ2v) is 6.87. The Balaban J connectivity index is 2.30. The van der Waals surface area contributed by atoms with Crippen LogP contribution in [0, 0.1) is 11.2 Å². The number of sulfonamides is 1. The summed E-state index contributed by atoms with van der Waals surface area (Å²) in [5.41, 5.74) is -0.799. The molecule has 1 atom stereocenters. The van der Waals surface area contributed by atoms with E-state index in [9.17, 15) is 17.6 Å². The van der Waals surface area contributed by atoms with Crippen LogP contribution < -0.4 is 5.32 Å². The monoisotopic (exact) mass is 301 g/mol. The molecule has 8 heteroatoms. The van der Waals surface area contributed by atoms with Gasteiger partial charge in [0, 0.05) is 26.3 Å². The number of nitrogens with one attached hydrogen (secondary N) is 1. The molecule has 110 valence electrons. The molecule has 0 saturated carbocycles. The third-order valence-corrected chi connectivity index (χ3v) is 5.30. The van der Waals surface area contributed by atoms with Gasteiger partial charge in [-0.3, -0.25) is 4.79 Å². The third kappa shape index (κ3) is 2.40. The lowest BCUT2D eigenvalue weighted by molar-refractivity contribution is -0.128. The Kier molecular flexibility index (Phi) is 3.79. The third-order valence-electron chi connectivity index (χ3n) is 3.52. The predicted octanol–water partition coefficient (Wildman–Crippen LogP) is 0.367. The number of aromatic nitrogens is 1. The maximum absolute atomic E-state index is 13.6. The Morgan fingerprint density at radius 1 is 1.55 bits per heavy atom. The molecule has 20 heavy (non-hydrogen) atoms. The summed E-state index contributed by atoms with van der Waals surface area (Å²) in [6.45, 7) is 1.88. The Labute approximate surface area is 117 Å². The molecule has 1 unspecified atom stereocenters. The number of hydrogen-bond donors (Lipinski definition) is 1. The van der Waals surface area contributed by atoms with Gasteiger partial charge in [0.2, 0.25) is 10.9 Å². The van der Waals surface area contributed by atoms with Gasteiger partial charge in [-0.2, -0.15) is 4.31 Å². The predicted molar refractivity (Wildman–Crippen MR) is 69.7 cm³/mol. The molecule has 1 aliphatic heterocycles. The van der Waals surface area contributed by atoms with Crippen LogP contribution in [-0.4, -0.2) is 43.8 Å². The second kappa shape index (κ2) is 5.10.